The number of amides is 3. The highest BCUT2D eigenvalue weighted by atomic mass is 32.2. The van der Waals surface area contributed by atoms with Crippen LogP contribution < -0.4 is 10.6 Å². The van der Waals surface area contributed by atoms with Gasteiger partial charge in [0.25, 0.3) is 0 Å². The first kappa shape index (κ1) is 12.3. The molecule has 1 aromatic heterocycles. The molecule has 17 heavy (non-hydrogen) atoms. The number of hydrogen-bond donors (Lipinski definition) is 2. The van der Waals surface area contributed by atoms with Crippen LogP contribution in [0.2, 0.25) is 0 Å². The third-order valence-electron chi connectivity index (χ3n) is 2.14. The smallest absolute Gasteiger partial charge is 0.321 e. The van der Waals surface area contributed by atoms with E-state index in [1.54, 1.807) is 12.4 Å². The SMILES string of the molecule is CC(Sc1nncs1)C(=O)NC(=O)NC1CC1. The molecule has 6 nitrogen and oxygen atoms in total. The van der Waals surface area contributed by atoms with Crippen LogP contribution in [-0.4, -0.2) is 33.4 Å². The number of carbonyl (C=O) groups is 2. The maximum atomic E-state index is 11.6. The van der Waals surface area contributed by atoms with Gasteiger partial charge < -0.3 is 5.32 Å². The highest BCUT2D eigenvalue weighted by Crippen LogP contribution is 2.24. The van der Waals surface area contributed by atoms with Crippen molar-refractivity contribution in [3.8, 4) is 0 Å². The maximum absolute atomic E-state index is 11.6. The largest absolute Gasteiger partial charge is 0.335 e. The number of nitrogens with one attached hydrogen (secondary N) is 2. The van der Waals surface area contributed by atoms with Gasteiger partial charge in [-0.25, -0.2) is 4.79 Å². The van der Waals surface area contributed by atoms with Gasteiger partial charge in [-0.1, -0.05) is 23.1 Å². The highest BCUT2D eigenvalue weighted by molar-refractivity contribution is 8.02. The first-order valence-electron chi connectivity index (χ1n) is 5.19. The molecule has 8 heteroatoms. The Labute approximate surface area is 107 Å². The van der Waals surface area contributed by atoms with Gasteiger partial charge in [0.15, 0.2) is 4.34 Å². The fourth-order valence-electron chi connectivity index (χ4n) is 1.08. The average molecular weight is 272 g/mol. The van der Waals surface area contributed by atoms with Gasteiger partial charge in [-0.3, -0.25) is 10.1 Å². The first-order valence-corrected chi connectivity index (χ1v) is 6.95. The van der Waals surface area contributed by atoms with Crippen molar-refractivity contribution in [1.29, 1.82) is 0 Å². The van der Waals surface area contributed by atoms with Crippen LogP contribution in [0.5, 0.6) is 0 Å². The molecule has 1 unspecified atom stereocenters. The van der Waals surface area contributed by atoms with Gasteiger partial charge in [0.1, 0.15) is 5.51 Å². The summed E-state index contributed by atoms with van der Waals surface area (Å²) >= 11 is 2.66. The molecule has 2 N–H and O–H groups in total. The predicted octanol–water partition coefficient (Wildman–Crippen LogP) is 1.01. The number of urea groups is 1. The van der Waals surface area contributed by atoms with E-state index in [1.807, 2.05) is 0 Å². The van der Waals surface area contributed by atoms with Gasteiger partial charge >= 0.3 is 6.03 Å². The van der Waals surface area contributed by atoms with E-state index < -0.39 is 6.03 Å². The first-order chi connectivity index (χ1) is 8.15. The molecule has 1 aliphatic rings. The van der Waals surface area contributed by atoms with Crippen LogP contribution in [0.3, 0.4) is 0 Å². The Bertz CT molecular complexity index is 405. The van der Waals surface area contributed by atoms with E-state index >= 15 is 0 Å². The van der Waals surface area contributed by atoms with Crippen molar-refractivity contribution in [3.05, 3.63) is 5.51 Å². The second-order valence-corrected chi connectivity index (χ2v) is 6.12. The highest BCUT2D eigenvalue weighted by Gasteiger charge is 2.25. The molecule has 0 aliphatic heterocycles. The number of carbonyl (C=O) groups excluding carboxylic acids is 2. The van der Waals surface area contributed by atoms with Gasteiger partial charge in [-0.05, 0) is 19.8 Å². The number of aromatic nitrogens is 2. The van der Waals surface area contributed by atoms with E-state index in [9.17, 15) is 9.59 Å². The number of hydrogen-bond acceptors (Lipinski definition) is 6. The van der Waals surface area contributed by atoms with E-state index in [2.05, 4.69) is 20.8 Å². The van der Waals surface area contributed by atoms with Gasteiger partial charge in [-0.15, -0.1) is 10.2 Å². The van der Waals surface area contributed by atoms with Crippen molar-refractivity contribution < 1.29 is 9.59 Å². The molecule has 0 spiro atoms. The van der Waals surface area contributed by atoms with Crippen LogP contribution in [-0.2, 0) is 4.79 Å². The molecule has 1 atom stereocenters. The fraction of sp³-hybridized carbons (Fsp3) is 0.556. The van der Waals surface area contributed by atoms with Gasteiger partial charge in [0.2, 0.25) is 5.91 Å². The van der Waals surface area contributed by atoms with Crippen molar-refractivity contribution in [3.63, 3.8) is 0 Å². The molecule has 1 aromatic rings. The normalized spacial score (nSPS) is 16.3. The second kappa shape index (κ2) is 5.46. The summed E-state index contributed by atoms with van der Waals surface area (Å²) in [7, 11) is 0. The summed E-state index contributed by atoms with van der Waals surface area (Å²) in [6, 6.07) is -0.170. The van der Waals surface area contributed by atoms with Crippen LogP contribution >= 0.6 is 23.1 Å². The zero-order valence-electron chi connectivity index (χ0n) is 9.17. The summed E-state index contributed by atoms with van der Waals surface area (Å²) in [5.74, 6) is -0.316. The monoisotopic (exact) mass is 272 g/mol. The molecule has 1 fully saturated rings. The van der Waals surface area contributed by atoms with Crippen LogP contribution in [0, 0.1) is 0 Å². The van der Waals surface area contributed by atoms with Crippen molar-refractivity contribution in [2.24, 2.45) is 0 Å². The minimum Gasteiger partial charge on any atom is -0.335 e. The van der Waals surface area contributed by atoms with Crippen LogP contribution in [0.4, 0.5) is 4.79 Å². The number of imide groups is 1. The van der Waals surface area contributed by atoms with E-state index in [0.29, 0.717) is 0 Å². The van der Waals surface area contributed by atoms with E-state index in [1.165, 1.54) is 23.1 Å². The summed E-state index contributed by atoms with van der Waals surface area (Å²) in [4.78, 5) is 23.0. The summed E-state index contributed by atoms with van der Waals surface area (Å²) in [6.07, 6.45) is 1.99. The van der Waals surface area contributed by atoms with Gasteiger partial charge in [0, 0.05) is 6.04 Å². The molecule has 1 heterocycles. The molecule has 0 radical (unpaired) electrons. The minimum absolute atomic E-state index is 0.244. The fourth-order valence-corrected chi connectivity index (χ4v) is 2.71. The predicted molar refractivity (Wildman–Crippen MR) is 64.9 cm³/mol. The minimum atomic E-state index is -0.415. The zero-order valence-corrected chi connectivity index (χ0v) is 10.8. The molecule has 0 saturated heterocycles. The Hall–Kier alpha value is -1.15. The lowest BCUT2D eigenvalue weighted by molar-refractivity contribution is -0.119. The Kier molecular flexibility index (Phi) is 3.95. The second-order valence-electron chi connectivity index (χ2n) is 3.70. The van der Waals surface area contributed by atoms with Crippen LogP contribution in [0.25, 0.3) is 0 Å². The molecule has 1 aliphatic carbocycles. The Balaban J connectivity index is 1.76. The Morgan fingerprint density at radius 3 is 2.94 bits per heavy atom. The molecule has 1 saturated carbocycles. The molecule has 0 aromatic carbocycles. The lowest BCUT2D eigenvalue weighted by atomic mass is 10.4. The third-order valence-corrected chi connectivity index (χ3v) is 4.05. The standard InChI is InChI=1S/C9H12N4O2S2/c1-5(17-9-13-10-4-16-9)7(14)12-8(15)11-6-2-3-6/h4-6H,2-3H2,1H3,(H2,11,12,14,15). The number of thioether (sulfide) groups is 1. The lowest BCUT2D eigenvalue weighted by Gasteiger charge is -2.09. The summed E-state index contributed by atoms with van der Waals surface area (Å²) in [6.45, 7) is 1.73. The topological polar surface area (TPSA) is 84.0 Å². The maximum Gasteiger partial charge on any atom is 0.321 e. The van der Waals surface area contributed by atoms with Crippen molar-refractivity contribution in [2.75, 3.05) is 0 Å². The van der Waals surface area contributed by atoms with Crippen molar-refractivity contribution in [2.45, 2.75) is 35.4 Å². The van der Waals surface area contributed by atoms with E-state index in [4.69, 9.17) is 0 Å². The van der Waals surface area contributed by atoms with E-state index in [0.717, 1.165) is 17.2 Å². The lowest BCUT2D eigenvalue weighted by Crippen LogP contribution is -2.43. The van der Waals surface area contributed by atoms with E-state index in [-0.39, 0.29) is 17.2 Å². The molecule has 0 bridgehead atoms. The Morgan fingerprint density at radius 2 is 2.35 bits per heavy atom. The Morgan fingerprint density at radius 1 is 1.59 bits per heavy atom. The quantitative estimate of drug-likeness (QED) is 0.799. The summed E-state index contributed by atoms with van der Waals surface area (Å²) < 4.78 is 0.718. The number of rotatable bonds is 4. The third kappa shape index (κ3) is 3.97. The molecular formula is C9H12N4O2S2. The zero-order chi connectivity index (χ0) is 12.3. The van der Waals surface area contributed by atoms with Crippen molar-refractivity contribution >= 4 is 35.0 Å². The van der Waals surface area contributed by atoms with Crippen LogP contribution in [0.1, 0.15) is 19.8 Å². The average Bonchev–Trinajstić information content (AvgIpc) is 2.93. The summed E-state index contributed by atoms with van der Waals surface area (Å²) in [5.41, 5.74) is 1.60. The molecule has 92 valence electrons. The van der Waals surface area contributed by atoms with Gasteiger partial charge in [-0.2, -0.15) is 0 Å². The van der Waals surface area contributed by atoms with Crippen molar-refractivity contribution in [1.82, 2.24) is 20.8 Å². The van der Waals surface area contributed by atoms with Crippen LogP contribution in [0.15, 0.2) is 9.85 Å². The summed E-state index contributed by atoms with van der Waals surface area (Å²) in [5, 5.41) is 12.1. The molecule has 3 amide bonds. The number of nitrogens with zero attached hydrogens (tertiary/aromatic N) is 2. The van der Waals surface area contributed by atoms with Gasteiger partial charge in [0.05, 0.1) is 5.25 Å². The molecule has 2 rings (SSSR count). The molecular weight excluding hydrogens is 260 g/mol.